The van der Waals surface area contributed by atoms with Crippen LogP contribution in [-0.2, 0) is 9.59 Å². The van der Waals surface area contributed by atoms with Crippen LogP contribution in [0.1, 0.15) is 13.3 Å². The van der Waals surface area contributed by atoms with E-state index in [-0.39, 0.29) is 24.1 Å². The largest absolute Gasteiger partial charge is 0.338 e. The van der Waals surface area contributed by atoms with E-state index in [4.69, 9.17) is 5.26 Å². The lowest BCUT2D eigenvalue weighted by atomic mass is 10.2. The highest BCUT2D eigenvalue weighted by Gasteiger charge is 2.31. The number of para-hydroxylation sites is 1. The summed E-state index contributed by atoms with van der Waals surface area (Å²) in [6, 6.07) is 10.3. The third-order valence-electron chi connectivity index (χ3n) is 3.24. The van der Waals surface area contributed by atoms with Gasteiger partial charge in [-0.05, 0) is 19.1 Å². The zero-order valence-corrected chi connectivity index (χ0v) is 12.5. The average molecular weight is 299 g/mol. The topological polar surface area (TPSA) is 88.8 Å². The van der Waals surface area contributed by atoms with Crippen LogP contribution in [-0.4, -0.2) is 42.2 Å². The molecule has 0 saturated heterocycles. The van der Waals surface area contributed by atoms with Crippen LogP contribution < -0.4 is 10.4 Å². The fraction of sp³-hybridized carbons (Fsp3) is 0.333. The number of aliphatic imine (C=N–C) groups is 1. The number of carbonyl (C=O) groups is 2. The maximum absolute atomic E-state index is 12.3. The molecule has 2 rings (SSSR count). The third kappa shape index (κ3) is 3.23. The van der Waals surface area contributed by atoms with Crippen molar-refractivity contribution in [1.82, 2.24) is 10.3 Å². The van der Waals surface area contributed by atoms with Gasteiger partial charge in [-0.15, -0.1) is 0 Å². The first-order valence-electron chi connectivity index (χ1n) is 6.90. The Morgan fingerprint density at radius 2 is 2.14 bits per heavy atom. The van der Waals surface area contributed by atoms with Gasteiger partial charge in [0.1, 0.15) is 6.04 Å². The summed E-state index contributed by atoms with van der Waals surface area (Å²) in [7, 11) is 1.60. The van der Waals surface area contributed by atoms with Crippen molar-refractivity contribution in [3.63, 3.8) is 0 Å². The summed E-state index contributed by atoms with van der Waals surface area (Å²) in [5.74, 6) is -0.491. The predicted molar refractivity (Wildman–Crippen MR) is 81.8 cm³/mol. The highest BCUT2D eigenvalue weighted by Crippen LogP contribution is 2.16. The van der Waals surface area contributed by atoms with Crippen LogP contribution in [0.15, 0.2) is 35.3 Å². The molecule has 1 aliphatic heterocycles. The monoisotopic (exact) mass is 299 g/mol. The van der Waals surface area contributed by atoms with Crippen molar-refractivity contribution in [3.8, 4) is 6.07 Å². The number of hydrogen-bond donors (Lipinski definition) is 1. The van der Waals surface area contributed by atoms with E-state index < -0.39 is 6.04 Å². The van der Waals surface area contributed by atoms with E-state index in [1.165, 1.54) is 9.91 Å². The Morgan fingerprint density at radius 1 is 1.45 bits per heavy atom. The van der Waals surface area contributed by atoms with Gasteiger partial charge in [0.05, 0.1) is 18.2 Å². The number of anilines is 1. The van der Waals surface area contributed by atoms with Crippen molar-refractivity contribution in [3.05, 3.63) is 30.3 Å². The van der Waals surface area contributed by atoms with Gasteiger partial charge in [0.15, 0.2) is 0 Å². The van der Waals surface area contributed by atoms with Gasteiger partial charge in [-0.2, -0.15) is 5.26 Å². The number of hydrazine groups is 1. The lowest BCUT2D eigenvalue weighted by molar-refractivity contribution is -0.123. The Morgan fingerprint density at radius 3 is 2.77 bits per heavy atom. The molecule has 7 heteroatoms. The van der Waals surface area contributed by atoms with Gasteiger partial charge in [-0.25, -0.2) is 10.0 Å². The molecule has 1 heterocycles. The van der Waals surface area contributed by atoms with Gasteiger partial charge < -0.3 is 4.90 Å². The molecule has 0 radical (unpaired) electrons. The zero-order valence-electron chi connectivity index (χ0n) is 12.5. The minimum Gasteiger partial charge on any atom is -0.338 e. The minimum absolute atomic E-state index is 0.0939. The molecule has 1 N–H and O–H groups in total. The number of carbonyl (C=O) groups excluding carboxylic acids is 2. The standard InChI is InChI=1S/C15H17N5O2/c1-11-14(21)20(12-7-4-3-5-8-12)18-13(17-11)15(22)19(2)10-6-9-16/h3-5,7-8,11H,6,10H2,1-2H3,(H,17,18). The maximum Gasteiger partial charge on any atom is 0.290 e. The van der Waals surface area contributed by atoms with E-state index in [0.717, 1.165) is 0 Å². The molecule has 0 aromatic heterocycles. The molecule has 0 saturated carbocycles. The molecule has 22 heavy (non-hydrogen) atoms. The second-order valence-electron chi connectivity index (χ2n) is 4.91. The van der Waals surface area contributed by atoms with Gasteiger partial charge in [0.2, 0.25) is 5.84 Å². The van der Waals surface area contributed by atoms with Crippen molar-refractivity contribution >= 4 is 23.3 Å². The van der Waals surface area contributed by atoms with Gasteiger partial charge in [-0.3, -0.25) is 15.0 Å². The molecule has 1 atom stereocenters. The van der Waals surface area contributed by atoms with Crippen LogP contribution >= 0.6 is 0 Å². The molecule has 0 spiro atoms. The van der Waals surface area contributed by atoms with E-state index in [0.29, 0.717) is 12.2 Å². The number of amidine groups is 1. The molecule has 1 unspecified atom stereocenters. The number of rotatable bonds is 4. The molecule has 0 bridgehead atoms. The van der Waals surface area contributed by atoms with E-state index in [2.05, 4.69) is 10.4 Å². The molecule has 114 valence electrons. The zero-order chi connectivity index (χ0) is 16.1. The molecule has 0 fully saturated rings. The SMILES string of the molecule is CC1N=C(C(=O)N(C)CCC#N)NN(c2ccccc2)C1=O. The molecule has 1 aliphatic rings. The van der Waals surface area contributed by atoms with Crippen LogP contribution in [0.3, 0.4) is 0 Å². The van der Waals surface area contributed by atoms with Crippen LogP contribution in [0.5, 0.6) is 0 Å². The Kier molecular flexibility index (Phi) is 4.73. The number of likely N-dealkylation sites (N-methyl/N-ethyl adjacent to an activating group) is 1. The number of nitrogens with one attached hydrogen (secondary N) is 1. The highest BCUT2D eigenvalue weighted by atomic mass is 16.2. The van der Waals surface area contributed by atoms with Gasteiger partial charge in [0, 0.05) is 13.6 Å². The summed E-state index contributed by atoms with van der Waals surface area (Å²) in [5, 5.41) is 9.91. The molecule has 2 amide bonds. The van der Waals surface area contributed by atoms with Crippen molar-refractivity contribution < 1.29 is 9.59 Å². The first-order valence-corrected chi connectivity index (χ1v) is 6.90. The highest BCUT2D eigenvalue weighted by molar-refractivity contribution is 6.39. The second-order valence-corrected chi connectivity index (χ2v) is 4.91. The van der Waals surface area contributed by atoms with Crippen molar-refractivity contribution in [2.24, 2.45) is 4.99 Å². The lowest BCUT2D eigenvalue weighted by Crippen LogP contribution is -2.58. The minimum atomic E-state index is -0.648. The van der Waals surface area contributed by atoms with Crippen molar-refractivity contribution in [1.29, 1.82) is 5.26 Å². The van der Waals surface area contributed by atoms with E-state index >= 15 is 0 Å². The maximum atomic E-state index is 12.3. The summed E-state index contributed by atoms with van der Waals surface area (Å²) in [5.41, 5.74) is 3.40. The normalized spacial score (nSPS) is 17.3. The molecule has 1 aromatic carbocycles. The van der Waals surface area contributed by atoms with Crippen molar-refractivity contribution in [2.75, 3.05) is 18.6 Å². The molecule has 7 nitrogen and oxygen atoms in total. The van der Waals surface area contributed by atoms with Crippen LogP contribution in [0.25, 0.3) is 0 Å². The Labute approximate surface area is 128 Å². The first kappa shape index (κ1) is 15.5. The van der Waals surface area contributed by atoms with Gasteiger partial charge >= 0.3 is 0 Å². The van der Waals surface area contributed by atoms with Gasteiger partial charge in [-0.1, -0.05) is 18.2 Å². The van der Waals surface area contributed by atoms with Gasteiger partial charge in [0.25, 0.3) is 11.8 Å². The summed E-state index contributed by atoms with van der Waals surface area (Å²) in [4.78, 5) is 30.1. The molecular weight excluding hydrogens is 282 g/mol. The van der Waals surface area contributed by atoms with E-state index in [1.54, 1.807) is 38.2 Å². The van der Waals surface area contributed by atoms with E-state index in [9.17, 15) is 9.59 Å². The van der Waals surface area contributed by atoms with E-state index in [1.807, 2.05) is 12.1 Å². The number of hydrogen-bond acceptors (Lipinski definition) is 5. The summed E-state index contributed by atoms with van der Waals surface area (Å²) >= 11 is 0. The number of amides is 2. The first-order chi connectivity index (χ1) is 10.5. The third-order valence-corrected chi connectivity index (χ3v) is 3.24. The smallest absolute Gasteiger partial charge is 0.290 e. The number of benzene rings is 1. The summed E-state index contributed by atoms with van der Waals surface area (Å²) in [6.07, 6.45) is 0.242. The van der Waals surface area contributed by atoms with Crippen LogP contribution in [0, 0.1) is 11.3 Å². The second kappa shape index (κ2) is 6.72. The predicted octanol–water partition coefficient (Wildman–Crippen LogP) is 0.697. The molecule has 1 aromatic rings. The van der Waals surface area contributed by atoms with Crippen LogP contribution in [0.2, 0.25) is 0 Å². The Balaban J connectivity index is 2.20. The quantitative estimate of drug-likeness (QED) is 0.886. The summed E-state index contributed by atoms with van der Waals surface area (Å²) < 4.78 is 0. The number of nitriles is 1. The lowest BCUT2D eigenvalue weighted by Gasteiger charge is -2.31. The van der Waals surface area contributed by atoms with Crippen molar-refractivity contribution in [2.45, 2.75) is 19.4 Å². The molecule has 0 aliphatic carbocycles. The fourth-order valence-electron chi connectivity index (χ4n) is 2.00. The van der Waals surface area contributed by atoms with Crippen LogP contribution in [0.4, 0.5) is 5.69 Å². The summed E-state index contributed by atoms with van der Waals surface area (Å²) in [6.45, 7) is 1.95. The number of nitrogens with zero attached hydrogens (tertiary/aromatic N) is 4. The Hall–Kier alpha value is -2.88. The Bertz CT molecular complexity index is 635. The molecular formula is C15H17N5O2. The average Bonchev–Trinajstić information content (AvgIpc) is 2.55. The fourth-order valence-corrected chi connectivity index (χ4v) is 2.00.